The molecule has 26 heavy (non-hydrogen) atoms. The lowest BCUT2D eigenvalue weighted by Gasteiger charge is -2.11. The first-order valence-electron chi connectivity index (χ1n) is 7.34. The van der Waals surface area contributed by atoms with Crippen LogP contribution >= 0.6 is 0 Å². The van der Waals surface area contributed by atoms with Gasteiger partial charge in [-0.1, -0.05) is 6.07 Å². The first kappa shape index (κ1) is 17.7. The first-order valence-corrected chi connectivity index (χ1v) is 8.82. The van der Waals surface area contributed by atoms with E-state index in [1.807, 2.05) is 4.83 Å². The Morgan fingerprint density at radius 1 is 1.04 bits per heavy atom. The molecule has 9 nitrogen and oxygen atoms in total. The van der Waals surface area contributed by atoms with E-state index in [0.717, 1.165) is 6.07 Å². The number of carboxylic acids is 1. The maximum absolute atomic E-state index is 12.4. The van der Waals surface area contributed by atoms with Gasteiger partial charge in [-0.2, -0.15) is 0 Å². The molecule has 0 saturated heterocycles. The van der Waals surface area contributed by atoms with Gasteiger partial charge in [-0.3, -0.25) is 10.2 Å². The zero-order chi connectivity index (χ0) is 18.9. The molecule has 3 N–H and O–H groups in total. The number of carbonyl (C=O) groups excluding carboxylic acids is 1. The molecule has 0 saturated carbocycles. The number of nitrogens with one attached hydrogen (secondary N) is 2. The molecular formula is C16H14N2O7S. The number of hydrogen-bond donors (Lipinski definition) is 3. The van der Waals surface area contributed by atoms with Gasteiger partial charge in [0.05, 0.1) is 10.5 Å². The second kappa shape index (κ2) is 6.65. The van der Waals surface area contributed by atoms with Crippen LogP contribution in [-0.2, 0) is 10.0 Å². The van der Waals surface area contributed by atoms with Gasteiger partial charge in [0.25, 0.3) is 15.9 Å². The third-order valence-corrected chi connectivity index (χ3v) is 5.05. The highest BCUT2D eigenvalue weighted by Crippen LogP contribution is 2.32. The van der Waals surface area contributed by atoms with Crippen LogP contribution in [0.4, 0.5) is 0 Å². The molecule has 0 bridgehead atoms. The zero-order valence-electron chi connectivity index (χ0n) is 13.5. The van der Waals surface area contributed by atoms with Crippen LogP contribution in [0.2, 0.25) is 0 Å². The van der Waals surface area contributed by atoms with E-state index in [1.165, 1.54) is 37.3 Å². The van der Waals surface area contributed by atoms with Crippen molar-refractivity contribution in [3.05, 3.63) is 53.1 Å². The summed E-state index contributed by atoms with van der Waals surface area (Å²) in [5.41, 5.74) is 2.40. The van der Waals surface area contributed by atoms with Gasteiger partial charge in [-0.05, 0) is 42.8 Å². The van der Waals surface area contributed by atoms with E-state index >= 15 is 0 Å². The van der Waals surface area contributed by atoms with E-state index < -0.39 is 21.9 Å². The van der Waals surface area contributed by atoms with Crippen molar-refractivity contribution in [1.82, 2.24) is 10.3 Å². The van der Waals surface area contributed by atoms with Crippen molar-refractivity contribution in [3.8, 4) is 11.5 Å². The number of aromatic carboxylic acids is 1. The average molecular weight is 378 g/mol. The van der Waals surface area contributed by atoms with Crippen LogP contribution in [0.5, 0.6) is 11.5 Å². The van der Waals surface area contributed by atoms with Crippen LogP contribution in [-0.4, -0.2) is 32.2 Å². The molecule has 0 spiro atoms. The van der Waals surface area contributed by atoms with E-state index in [9.17, 15) is 18.0 Å². The van der Waals surface area contributed by atoms with Crippen LogP contribution < -0.4 is 19.7 Å². The van der Waals surface area contributed by atoms with Crippen LogP contribution in [0.25, 0.3) is 0 Å². The molecule has 0 unspecified atom stereocenters. The SMILES string of the molecule is Cc1ccc(C(=O)O)cc1S(=O)(=O)NNC(=O)c1ccc2c(c1)OCO2. The maximum Gasteiger partial charge on any atom is 0.335 e. The van der Waals surface area contributed by atoms with Crippen LogP contribution in [0.1, 0.15) is 26.3 Å². The van der Waals surface area contributed by atoms with E-state index in [4.69, 9.17) is 14.6 Å². The summed E-state index contributed by atoms with van der Waals surface area (Å²) in [6.07, 6.45) is 0. The lowest BCUT2D eigenvalue weighted by Crippen LogP contribution is -2.41. The van der Waals surface area contributed by atoms with Crippen molar-refractivity contribution in [2.45, 2.75) is 11.8 Å². The van der Waals surface area contributed by atoms with Crippen molar-refractivity contribution in [2.75, 3.05) is 6.79 Å². The molecule has 10 heteroatoms. The Labute approximate surface area is 148 Å². The van der Waals surface area contributed by atoms with Gasteiger partial charge in [0, 0.05) is 5.56 Å². The number of carbonyl (C=O) groups is 2. The second-order valence-electron chi connectivity index (χ2n) is 5.41. The molecule has 0 fully saturated rings. The first-order chi connectivity index (χ1) is 12.3. The Hall–Kier alpha value is -3.11. The second-order valence-corrected chi connectivity index (χ2v) is 7.06. The number of rotatable bonds is 5. The normalized spacial score (nSPS) is 12.7. The molecule has 2 aromatic carbocycles. The Morgan fingerprint density at radius 2 is 1.73 bits per heavy atom. The van der Waals surface area contributed by atoms with Gasteiger partial charge in [0.15, 0.2) is 11.5 Å². The number of fused-ring (bicyclic) bond motifs is 1. The van der Waals surface area contributed by atoms with Gasteiger partial charge in [-0.15, -0.1) is 4.83 Å². The predicted octanol–water partition coefficient (Wildman–Crippen LogP) is 1.05. The molecule has 1 heterocycles. The Morgan fingerprint density at radius 3 is 2.46 bits per heavy atom. The lowest BCUT2D eigenvalue weighted by atomic mass is 10.1. The minimum absolute atomic E-state index is 0.0478. The summed E-state index contributed by atoms with van der Waals surface area (Å²) in [5, 5.41) is 9.00. The van der Waals surface area contributed by atoms with Gasteiger partial charge in [-0.25, -0.2) is 13.2 Å². The summed E-state index contributed by atoms with van der Waals surface area (Å²) < 4.78 is 35.1. The Balaban J connectivity index is 1.77. The van der Waals surface area contributed by atoms with E-state index in [-0.39, 0.29) is 22.8 Å². The number of aryl methyl sites for hydroxylation is 1. The number of amides is 1. The molecule has 2 aromatic rings. The summed E-state index contributed by atoms with van der Waals surface area (Å²) in [6.45, 7) is 1.56. The van der Waals surface area contributed by atoms with Crippen molar-refractivity contribution in [2.24, 2.45) is 0 Å². The van der Waals surface area contributed by atoms with Gasteiger partial charge in [0.1, 0.15) is 0 Å². The van der Waals surface area contributed by atoms with Crippen molar-refractivity contribution < 1.29 is 32.6 Å². The minimum atomic E-state index is -4.16. The topological polar surface area (TPSA) is 131 Å². The molecule has 0 radical (unpaired) electrons. The fourth-order valence-corrected chi connectivity index (χ4v) is 3.41. The van der Waals surface area contributed by atoms with Gasteiger partial charge < -0.3 is 14.6 Å². The summed E-state index contributed by atoms with van der Waals surface area (Å²) in [5.74, 6) is -1.10. The standard InChI is InChI=1S/C16H14N2O7S/c1-9-2-3-11(16(20)21)7-14(9)26(22,23)18-17-15(19)10-4-5-12-13(6-10)25-8-24-12/h2-7,18H,8H2,1H3,(H,17,19)(H,20,21). The summed E-state index contributed by atoms with van der Waals surface area (Å²) in [6, 6.07) is 8.09. The molecule has 136 valence electrons. The molecule has 0 aliphatic carbocycles. The third-order valence-electron chi connectivity index (χ3n) is 3.66. The Kier molecular flexibility index (Phi) is 4.53. The molecule has 1 aliphatic heterocycles. The van der Waals surface area contributed by atoms with Crippen LogP contribution in [0.15, 0.2) is 41.3 Å². The zero-order valence-corrected chi connectivity index (χ0v) is 14.3. The molecular weight excluding hydrogens is 364 g/mol. The average Bonchev–Trinajstić information content (AvgIpc) is 3.07. The molecule has 3 rings (SSSR count). The number of benzene rings is 2. The number of hydrogen-bond acceptors (Lipinski definition) is 6. The third kappa shape index (κ3) is 3.46. The molecule has 0 aromatic heterocycles. The van der Waals surface area contributed by atoms with Gasteiger partial charge in [0.2, 0.25) is 6.79 Å². The smallest absolute Gasteiger partial charge is 0.335 e. The number of hydrazine groups is 1. The molecule has 1 aliphatic rings. The van der Waals surface area contributed by atoms with Crippen LogP contribution in [0.3, 0.4) is 0 Å². The number of sulfonamides is 1. The highest BCUT2D eigenvalue weighted by Gasteiger charge is 2.21. The summed E-state index contributed by atoms with van der Waals surface area (Å²) >= 11 is 0. The minimum Gasteiger partial charge on any atom is -0.478 e. The van der Waals surface area contributed by atoms with E-state index in [0.29, 0.717) is 17.1 Å². The predicted molar refractivity (Wildman–Crippen MR) is 88.5 cm³/mol. The maximum atomic E-state index is 12.4. The van der Waals surface area contributed by atoms with Crippen molar-refractivity contribution >= 4 is 21.9 Å². The van der Waals surface area contributed by atoms with Gasteiger partial charge >= 0.3 is 5.97 Å². The van der Waals surface area contributed by atoms with Crippen molar-refractivity contribution in [3.63, 3.8) is 0 Å². The largest absolute Gasteiger partial charge is 0.478 e. The number of carboxylic acid groups (broad SMARTS) is 1. The fourth-order valence-electron chi connectivity index (χ4n) is 2.30. The Bertz CT molecular complexity index is 1000. The summed E-state index contributed by atoms with van der Waals surface area (Å²) in [4.78, 5) is 24.9. The number of ether oxygens (including phenoxy) is 2. The fraction of sp³-hybridized carbons (Fsp3) is 0.125. The van der Waals surface area contributed by atoms with Crippen LogP contribution in [0, 0.1) is 6.92 Å². The summed E-state index contributed by atoms with van der Waals surface area (Å²) in [7, 11) is -4.16. The molecule has 0 atom stereocenters. The molecule has 1 amide bonds. The quantitative estimate of drug-likeness (QED) is 0.663. The highest BCUT2D eigenvalue weighted by molar-refractivity contribution is 7.89. The van der Waals surface area contributed by atoms with E-state index in [2.05, 4.69) is 5.43 Å². The monoisotopic (exact) mass is 378 g/mol. The lowest BCUT2D eigenvalue weighted by molar-refractivity contribution is 0.0696. The van der Waals surface area contributed by atoms with Crippen molar-refractivity contribution in [1.29, 1.82) is 0 Å². The van der Waals surface area contributed by atoms with E-state index in [1.54, 1.807) is 0 Å². The highest BCUT2D eigenvalue weighted by atomic mass is 32.2.